The molecule has 0 aromatic carbocycles. The monoisotopic (exact) mass is 278 g/mol. The molecule has 0 amide bonds. The fourth-order valence-corrected chi connectivity index (χ4v) is 1.72. The van der Waals surface area contributed by atoms with Gasteiger partial charge in [0.1, 0.15) is 6.54 Å². The van der Waals surface area contributed by atoms with Crippen molar-refractivity contribution < 1.29 is 0 Å². The van der Waals surface area contributed by atoms with Gasteiger partial charge in [-0.2, -0.15) is 0 Å². The van der Waals surface area contributed by atoms with E-state index >= 15 is 0 Å². The molecule has 0 aliphatic heterocycles. The second-order valence-electron chi connectivity index (χ2n) is 5.83. The third-order valence-electron chi connectivity index (χ3n) is 2.73. The first-order valence-electron chi connectivity index (χ1n) is 6.87. The molecule has 1 N–H and O–H groups in total. The number of hydrogen-bond donors (Lipinski definition) is 1. The van der Waals surface area contributed by atoms with Gasteiger partial charge in [0.15, 0.2) is 5.82 Å². The highest BCUT2D eigenvalue weighted by atomic mass is 15.6. The van der Waals surface area contributed by atoms with Crippen LogP contribution in [-0.4, -0.2) is 40.7 Å². The van der Waals surface area contributed by atoms with E-state index in [1.54, 1.807) is 9.36 Å². The molecule has 0 unspecified atom stereocenters. The van der Waals surface area contributed by atoms with Crippen molar-refractivity contribution in [3.63, 3.8) is 0 Å². The maximum Gasteiger partial charge on any atom is 0.172 e. The Labute approximate surface area is 118 Å². The van der Waals surface area contributed by atoms with Crippen molar-refractivity contribution in [2.24, 2.45) is 0 Å². The van der Waals surface area contributed by atoms with Gasteiger partial charge in [0.2, 0.25) is 0 Å². The molecule has 2 aromatic heterocycles. The summed E-state index contributed by atoms with van der Waals surface area (Å²) in [5.41, 5.74) is 0.976. The lowest BCUT2D eigenvalue weighted by molar-refractivity contribution is 0.421. The molecule has 0 spiro atoms. The van der Waals surface area contributed by atoms with Crippen LogP contribution in [-0.2, 0) is 19.6 Å². The fraction of sp³-hybridized carbons (Fsp3) is 0.750. The van der Waals surface area contributed by atoms with Gasteiger partial charge in [0, 0.05) is 18.6 Å². The standard InChI is InChI=1S/C12H22N8/c1-5-6-20-11(15-16-18-20)9-19-8-10(14-17-19)7-13-12(2,3)4/h8,13H,5-7,9H2,1-4H3. The van der Waals surface area contributed by atoms with Gasteiger partial charge in [-0.15, -0.1) is 10.2 Å². The third kappa shape index (κ3) is 4.09. The summed E-state index contributed by atoms with van der Waals surface area (Å²) in [6, 6.07) is 0. The zero-order valence-electron chi connectivity index (χ0n) is 12.5. The number of tetrazole rings is 1. The molecule has 0 saturated heterocycles. The first-order chi connectivity index (χ1) is 9.48. The largest absolute Gasteiger partial charge is 0.306 e. The minimum Gasteiger partial charge on any atom is -0.306 e. The zero-order valence-corrected chi connectivity index (χ0v) is 12.5. The Kier molecular flexibility index (Phi) is 4.43. The molecular weight excluding hydrogens is 256 g/mol. The minimum absolute atomic E-state index is 0.0645. The maximum atomic E-state index is 4.15. The molecule has 0 fully saturated rings. The minimum atomic E-state index is 0.0645. The normalized spacial score (nSPS) is 12.0. The Balaban J connectivity index is 1.97. The van der Waals surface area contributed by atoms with Crippen molar-refractivity contribution in [3.8, 4) is 0 Å². The highest BCUT2D eigenvalue weighted by Crippen LogP contribution is 2.03. The fourth-order valence-electron chi connectivity index (χ4n) is 1.72. The van der Waals surface area contributed by atoms with Gasteiger partial charge in [-0.05, 0) is 37.6 Å². The van der Waals surface area contributed by atoms with E-state index < -0.39 is 0 Å². The highest BCUT2D eigenvalue weighted by molar-refractivity contribution is 4.95. The van der Waals surface area contributed by atoms with Gasteiger partial charge in [-0.1, -0.05) is 12.1 Å². The Bertz CT molecular complexity index is 536. The average molecular weight is 278 g/mol. The van der Waals surface area contributed by atoms with E-state index in [2.05, 4.69) is 58.8 Å². The van der Waals surface area contributed by atoms with Gasteiger partial charge in [0.05, 0.1) is 11.9 Å². The van der Waals surface area contributed by atoms with Crippen molar-refractivity contribution >= 4 is 0 Å². The Morgan fingerprint density at radius 1 is 1.20 bits per heavy atom. The van der Waals surface area contributed by atoms with Crippen LogP contribution in [0.25, 0.3) is 0 Å². The quantitative estimate of drug-likeness (QED) is 0.833. The first kappa shape index (κ1) is 14.6. The molecular formula is C12H22N8. The molecule has 0 aliphatic carbocycles. The number of nitrogens with one attached hydrogen (secondary N) is 1. The van der Waals surface area contributed by atoms with Crippen LogP contribution in [0.15, 0.2) is 6.20 Å². The second kappa shape index (κ2) is 6.08. The zero-order chi connectivity index (χ0) is 14.6. The lowest BCUT2D eigenvalue weighted by Crippen LogP contribution is -2.35. The van der Waals surface area contributed by atoms with E-state index in [0.717, 1.165) is 24.5 Å². The van der Waals surface area contributed by atoms with E-state index in [-0.39, 0.29) is 5.54 Å². The summed E-state index contributed by atoms with van der Waals surface area (Å²) in [6.45, 7) is 10.5. The summed E-state index contributed by atoms with van der Waals surface area (Å²) in [5.74, 6) is 0.798. The molecule has 0 saturated carbocycles. The van der Waals surface area contributed by atoms with Crippen LogP contribution in [0.1, 0.15) is 45.6 Å². The van der Waals surface area contributed by atoms with Gasteiger partial charge in [-0.25, -0.2) is 9.36 Å². The molecule has 2 aromatic rings. The molecule has 8 heteroatoms. The van der Waals surface area contributed by atoms with Crippen molar-refractivity contribution in [1.82, 2.24) is 40.5 Å². The maximum absolute atomic E-state index is 4.15. The van der Waals surface area contributed by atoms with Gasteiger partial charge < -0.3 is 5.32 Å². The van der Waals surface area contributed by atoms with Crippen molar-refractivity contribution in [2.75, 3.05) is 0 Å². The summed E-state index contributed by atoms with van der Waals surface area (Å²) in [4.78, 5) is 0. The molecule has 0 aliphatic rings. The Hall–Kier alpha value is -1.83. The van der Waals surface area contributed by atoms with Gasteiger partial charge >= 0.3 is 0 Å². The summed E-state index contributed by atoms with van der Waals surface area (Å²) in [5, 5.41) is 23.3. The van der Waals surface area contributed by atoms with Crippen molar-refractivity contribution in [1.29, 1.82) is 0 Å². The summed E-state index contributed by atoms with van der Waals surface area (Å²) in [6.07, 6.45) is 2.92. The van der Waals surface area contributed by atoms with Crippen molar-refractivity contribution in [2.45, 2.75) is 59.3 Å². The van der Waals surface area contributed by atoms with E-state index in [0.29, 0.717) is 13.1 Å². The molecule has 2 rings (SSSR count). The van der Waals surface area contributed by atoms with Crippen LogP contribution in [0.2, 0.25) is 0 Å². The number of aryl methyl sites for hydroxylation is 1. The van der Waals surface area contributed by atoms with Gasteiger partial charge in [-0.3, -0.25) is 0 Å². The van der Waals surface area contributed by atoms with Crippen LogP contribution >= 0.6 is 0 Å². The lowest BCUT2D eigenvalue weighted by Gasteiger charge is -2.19. The SMILES string of the molecule is CCCn1nnnc1Cn1cc(CNC(C)(C)C)nn1. The summed E-state index contributed by atoms with van der Waals surface area (Å²) < 4.78 is 3.56. The molecule has 0 bridgehead atoms. The van der Waals surface area contributed by atoms with E-state index in [4.69, 9.17) is 0 Å². The molecule has 0 radical (unpaired) electrons. The number of aromatic nitrogens is 7. The highest BCUT2D eigenvalue weighted by Gasteiger charge is 2.11. The third-order valence-corrected chi connectivity index (χ3v) is 2.73. The van der Waals surface area contributed by atoms with Crippen LogP contribution in [0.3, 0.4) is 0 Å². The van der Waals surface area contributed by atoms with E-state index in [1.807, 2.05) is 6.20 Å². The van der Waals surface area contributed by atoms with Crippen LogP contribution in [0.4, 0.5) is 0 Å². The lowest BCUT2D eigenvalue weighted by atomic mass is 10.1. The topological polar surface area (TPSA) is 86.3 Å². The Morgan fingerprint density at radius 2 is 2.00 bits per heavy atom. The van der Waals surface area contributed by atoms with E-state index in [9.17, 15) is 0 Å². The second-order valence-corrected chi connectivity index (χ2v) is 5.83. The van der Waals surface area contributed by atoms with Crippen LogP contribution < -0.4 is 5.32 Å². The molecule has 2 heterocycles. The molecule has 110 valence electrons. The Morgan fingerprint density at radius 3 is 2.70 bits per heavy atom. The van der Waals surface area contributed by atoms with Crippen molar-refractivity contribution in [3.05, 3.63) is 17.7 Å². The molecule has 8 nitrogen and oxygen atoms in total. The summed E-state index contributed by atoms with van der Waals surface area (Å²) in [7, 11) is 0. The smallest absolute Gasteiger partial charge is 0.172 e. The molecule has 0 atom stereocenters. The predicted octanol–water partition coefficient (Wildman–Crippen LogP) is 0.611. The number of hydrogen-bond acceptors (Lipinski definition) is 6. The van der Waals surface area contributed by atoms with E-state index in [1.165, 1.54) is 0 Å². The van der Waals surface area contributed by atoms with Crippen LogP contribution in [0.5, 0.6) is 0 Å². The van der Waals surface area contributed by atoms with Gasteiger partial charge in [0.25, 0.3) is 0 Å². The first-order valence-corrected chi connectivity index (χ1v) is 6.87. The predicted molar refractivity (Wildman–Crippen MR) is 73.8 cm³/mol. The summed E-state index contributed by atoms with van der Waals surface area (Å²) >= 11 is 0. The average Bonchev–Trinajstić information content (AvgIpc) is 2.97. The molecule has 20 heavy (non-hydrogen) atoms. The van der Waals surface area contributed by atoms with Crippen LogP contribution in [0, 0.1) is 0 Å². The number of nitrogens with zero attached hydrogens (tertiary/aromatic N) is 7. The number of rotatable bonds is 6.